The van der Waals surface area contributed by atoms with Crippen LogP contribution >= 0.6 is 23.2 Å². The molecule has 0 saturated carbocycles. The maximum absolute atomic E-state index is 13.5. The van der Waals surface area contributed by atoms with Crippen LogP contribution in [-0.4, -0.2) is 61.0 Å². The fourth-order valence-corrected chi connectivity index (χ4v) is 4.41. The minimum Gasteiger partial charge on any atom is -0.336 e. The number of likely N-dealkylation sites (tertiary alicyclic amines) is 1. The Kier molecular flexibility index (Phi) is 7.00. The number of hydrogen-bond donors (Lipinski definition) is 1. The van der Waals surface area contributed by atoms with Crippen molar-refractivity contribution in [2.24, 2.45) is 0 Å². The van der Waals surface area contributed by atoms with E-state index in [1.807, 2.05) is 29.2 Å². The summed E-state index contributed by atoms with van der Waals surface area (Å²) in [7, 11) is 0. The van der Waals surface area contributed by atoms with Crippen molar-refractivity contribution in [1.82, 2.24) is 15.1 Å². The minimum atomic E-state index is -0.133. The number of carbonyl (C=O) groups is 2. The van der Waals surface area contributed by atoms with Gasteiger partial charge in [-0.25, -0.2) is 4.79 Å². The molecule has 2 aromatic carbocycles. The highest BCUT2D eigenvalue weighted by atomic mass is 35.5. The average Bonchev–Trinajstić information content (AvgIpc) is 3.45. The van der Waals surface area contributed by atoms with Crippen LogP contribution in [0.25, 0.3) is 0 Å². The lowest BCUT2D eigenvalue weighted by molar-refractivity contribution is 0.0727. The first-order valence-electron chi connectivity index (χ1n) is 10.6. The second kappa shape index (κ2) is 9.90. The number of urea groups is 1. The molecule has 4 rings (SSSR count). The molecule has 2 heterocycles. The van der Waals surface area contributed by atoms with Gasteiger partial charge in [-0.1, -0.05) is 35.3 Å². The van der Waals surface area contributed by atoms with E-state index < -0.39 is 0 Å². The van der Waals surface area contributed by atoms with Crippen LogP contribution in [0.2, 0.25) is 10.0 Å². The maximum atomic E-state index is 13.5. The lowest BCUT2D eigenvalue weighted by atomic mass is 10.1. The van der Waals surface area contributed by atoms with Gasteiger partial charge in [0.2, 0.25) is 0 Å². The van der Waals surface area contributed by atoms with Crippen molar-refractivity contribution in [2.75, 3.05) is 44.2 Å². The summed E-state index contributed by atoms with van der Waals surface area (Å²) in [6.07, 6.45) is 2.42. The lowest BCUT2D eigenvalue weighted by Gasteiger charge is -2.26. The number of nitrogens with one attached hydrogen (secondary N) is 1. The number of nitrogens with zero attached hydrogens (tertiary/aromatic N) is 3. The average molecular weight is 461 g/mol. The summed E-state index contributed by atoms with van der Waals surface area (Å²) in [4.78, 5) is 31.4. The standard InChI is InChI=1S/C23H26Cl2N4O2/c24-20-7-6-17(14-21(20)25)16-28(13-12-27-9-1-2-10-27)22(30)18-4-3-5-19(15-18)29-11-8-26-23(29)31/h3-7,14-15H,1-2,8-13,16H2,(H,26,31). The monoisotopic (exact) mass is 460 g/mol. The lowest BCUT2D eigenvalue weighted by Crippen LogP contribution is -2.37. The van der Waals surface area contributed by atoms with Gasteiger partial charge in [-0.3, -0.25) is 9.69 Å². The zero-order chi connectivity index (χ0) is 21.8. The molecule has 0 radical (unpaired) electrons. The molecule has 0 spiro atoms. The van der Waals surface area contributed by atoms with E-state index in [2.05, 4.69) is 10.2 Å². The third-order valence-corrected chi connectivity index (χ3v) is 6.53. The first-order chi connectivity index (χ1) is 15.0. The van der Waals surface area contributed by atoms with Gasteiger partial charge in [0, 0.05) is 44.0 Å². The third kappa shape index (κ3) is 5.32. The zero-order valence-corrected chi connectivity index (χ0v) is 18.8. The quantitative estimate of drug-likeness (QED) is 0.671. The van der Waals surface area contributed by atoms with Gasteiger partial charge in [0.05, 0.1) is 10.0 Å². The second-order valence-electron chi connectivity index (χ2n) is 7.96. The molecule has 0 unspecified atom stereocenters. The van der Waals surface area contributed by atoms with E-state index in [0.717, 1.165) is 30.9 Å². The minimum absolute atomic E-state index is 0.0632. The number of hydrogen-bond acceptors (Lipinski definition) is 3. The van der Waals surface area contributed by atoms with Gasteiger partial charge >= 0.3 is 6.03 Å². The molecule has 8 heteroatoms. The largest absolute Gasteiger partial charge is 0.336 e. The number of amides is 3. The fourth-order valence-electron chi connectivity index (χ4n) is 4.09. The summed E-state index contributed by atoms with van der Waals surface area (Å²) in [5.41, 5.74) is 2.23. The van der Waals surface area contributed by atoms with Crippen molar-refractivity contribution < 1.29 is 9.59 Å². The summed E-state index contributed by atoms with van der Waals surface area (Å²) in [6, 6.07) is 12.6. The van der Waals surface area contributed by atoms with Gasteiger partial charge in [0.1, 0.15) is 0 Å². The van der Waals surface area contributed by atoms with Gasteiger partial charge in [-0.15, -0.1) is 0 Å². The van der Waals surface area contributed by atoms with Crippen LogP contribution in [0.15, 0.2) is 42.5 Å². The summed E-state index contributed by atoms with van der Waals surface area (Å²) < 4.78 is 0. The van der Waals surface area contributed by atoms with Crippen LogP contribution < -0.4 is 10.2 Å². The smallest absolute Gasteiger partial charge is 0.321 e. The van der Waals surface area contributed by atoms with Gasteiger partial charge < -0.3 is 15.1 Å². The van der Waals surface area contributed by atoms with Crippen molar-refractivity contribution >= 4 is 40.8 Å². The molecule has 6 nitrogen and oxygen atoms in total. The topological polar surface area (TPSA) is 55.9 Å². The Balaban J connectivity index is 1.54. The molecule has 0 bridgehead atoms. The molecule has 2 aliphatic rings. The van der Waals surface area contributed by atoms with Gasteiger partial charge in [-0.2, -0.15) is 0 Å². The molecule has 2 fully saturated rings. The molecule has 0 aliphatic carbocycles. The van der Waals surface area contributed by atoms with Crippen LogP contribution in [0.5, 0.6) is 0 Å². The van der Waals surface area contributed by atoms with Crippen LogP contribution in [0, 0.1) is 0 Å². The highest BCUT2D eigenvalue weighted by molar-refractivity contribution is 6.42. The Morgan fingerprint density at radius 1 is 1.03 bits per heavy atom. The molecule has 0 atom stereocenters. The van der Waals surface area contributed by atoms with Gasteiger partial charge in [0.15, 0.2) is 0 Å². The van der Waals surface area contributed by atoms with E-state index >= 15 is 0 Å². The predicted molar refractivity (Wildman–Crippen MR) is 124 cm³/mol. The summed E-state index contributed by atoms with van der Waals surface area (Å²) in [5.74, 6) is -0.0632. The van der Waals surface area contributed by atoms with Crippen molar-refractivity contribution in [1.29, 1.82) is 0 Å². The normalized spacial score (nSPS) is 16.6. The third-order valence-electron chi connectivity index (χ3n) is 5.79. The van der Waals surface area contributed by atoms with Crippen LogP contribution in [0.1, 0.15) is 28.8 Å². The van der Waals surface area contributed by atoms with E-state index in [4.69, 9.17) is 23.2 Å². The highest BCUT2D eigenvalue weighted by Crippen LogP contribution is 2.24. The fraction of sp³-hybridized carbons (Fsp3) is 0.391. The highest BCUT2D eigenvalue weighted by Gasteiger charge is 2.24. The number of anilines is 1. The molecule has 1 N–H and O–H groups in total. The number of carbonyl (C=O) groups excluding carboxylic acids is 2. The molecule has 164 valence electrons. The molecular weight excluding hydrogens is 435 g/mol. The molecular formula is C23H26Cl2N4O2. The van der Waals surface area contributed by atoms with Crippen molar-refractivity contribution in [3.8, 4) is 0 Å². The maximum Gasteiger partial charge on any atom is 0.321 e. The molecule has 2 saturated heterocycles. The van der Waals surface area contributed by atoms with Crippen LogP contribution in [0.4, 0.5) is 10.5 Å². The molecule has 0 aromatic heterocycles. The van der Waals surface area contributed by atoms with E-state index in [0.29, 0.717) is 41.8 Å². The van der Waals surface area contributed by atoms with E-state index in [-0.39, 0.29) is 11.9 Å². The van der Waals surface area contributed by atoms with Crippen molar-refractivity contribution in [3.05, 3.63) is 63.6 Å². The number of benzene rings is 2. The van der Waals surface area contributed by atoms with Crippen molar-refractivity contribution in [2.45, 2.75) is 19.4 Å². The first kappa shape index (κ1) is 21.9. The first-order valence-corrected chi connectivity index (χ1v) is 11.4. The SMILES string of the molecule is O=C(c1cccc(N2CCNC2=O)c1)N(CCN1CCCC1)Cc1ccc(Cl)c(Cl)c1. The molecule has 2 aliphatic heterocycles. The Morgan fingerprint density at radius 2 is 1.84 bits per heavy atom. The number of rotatable bonds is 7. The Hall–Kier alpha value is -2.28. The van der Waals surface area contributed by atoms with E-state index in [9.17, 15) is 9.59 Å². The van der Waals surface area contributed by atoms with Crippen LogP contribution in [-0.2, 0) is 6.54 Å². The Labute approximate surface area is 192 Å². The number of halogens is 2. The Morgan fingerprint density at radius 3 is 2.55 bits per heavy atom. The molecule has 3 amide bonds. The molecule has 31 heavy (non-hydrogen) atoms. The molecule has 2 aromatic rings. The van der Waals surface area contributed by atoms with Crippen LogP contribution in [0.3, 0.4) is 0 Å². The summed E-state index contributed by atoms with van der Waals surface area (Å²) in [5, 5.41) is 3.77. The van der Waals surface area contributed by atoms with Gasteiger partial charge in [0.25, 0.3) is 5.91 Å². The summed E-state index contributed by atoms with van der Waals surface area (Å²) >= 11 is 12.3. The summed E-state index contributed by atoms with van der Waals surface area (Å²) in [6.45, 7) is 5.25. The van der Waals surface area contributed by atoms with E-state index in [1.165, 1.54) is 12.8 Å². The van der Waals surface area contributed by atoms with E-state index in [1.54, 1.807) is 23.1 Å². The van der Waals surface area contributed by atoms with Crippen molar-refractivity contribution in [3.63, 3.8) is 0 Å². The second-order valence-corrected chi connectivity index (χ2v) is 8.77. The Bertz CT molecular complexity index is 962. The van der Waals surface area contributed by atoms with Gasteiger partial charge in [-0.05, 0) is 61.8 Å². The zero-order valence-electron chi connectivity index (χ0n) is 17.3. The predicted octanol–water partition coefficient (Wildman–Crippen LogP) is 4.26.